The molecule has 0 aliphatic carbocycles. The van der Waals surface area contributed by atoms with Gasteiger partial charge in [-0.3, -0.25) is 9.59 Å². The molecule has 6 nitrogen and oxygen atoms in total. The average molecular weight is 872 g/mol. The standard InChI is InChI=1S/C56H105NO5/c1-3-5-7-9-11-13-15-17-19-20-21-22-24-28-32-36-40-44-48-54(59)53(52-58)57-55(60)49-45-41-37-33-29-25-23-27-31-35-39-43-47-51-62-56(61)50-46-42-38-34-30-26-18-16-14-12-10-8-6-4-2/h16,18,25,29,44,48,53-54,58-59H,3-15,17,19-24,26-28,30-43,45-47,49-52H2,1-2H3,(H,57,60)/b18-16-,29-25-,48-44+. The zero-order chi connectivity index (χ0) is 45.1. The van der Waals surface area contributed by atoms with Crippen molar-refractivity contribution < 1.29 is 24.5 Å². The molecule has 0 aromatic carbocycles. The van der Waals surface area contributed by atoms with Gasteiger partial charge in [0.05, 0.1) is 25.4 Å². The highest BCUT2D eigenvalue weighted by molar-refractivity contribution is 5.76. The summed E-state index contributed by atoms with van der Waals surface area (Å²) < 4.78 is 5.45. The summed E-state index contributed by atoms with van der Waals surface area (Å²) >= 11 is 0. The van der Waals surface area contributed by atoms with Crippen LogP contribution in [0.25, 0.3) is 0 Å². The number of aliphatic hydroxyl groups excluding tert-OH is 2. The molecule has 2 atom stereocenters. The lowest BCUT2D eigenvalue weighted by Gasteiger charge is -2.19. The number of amides is 1. The van der Waals surface area contributed by atoms with Crippen molar-refractivity contribution in [1.29, 1.82) is 0 Å². The summed E-state index contributed by atoms with van der Waals surface area (Å²) in [6.45, 7) is 4.85. The van der Waals surface area contributed by atoms with Gasteiger partial charge in [-0.1, -0.05) is 224 Å². The maximum atomic E-state index is 12.4. The summed E-state index contributed by atoms with van der Waals surface area (Å²) in [7, 11) is 0. The molecule has 0 aromatic heterocycles. The normalized spacial score (nSPS) is 12.9. The summed E-state index contributed by atoms with van der Waals surface area (Å²) in [6, 6.07) is -0.649. The molecule has 1 amide bonds. The van der Waals surface area contributed by atoms with Crippen LogP contribution >= 0.6 is 0 Å². The first-order valence-corrected chi connectivity index (χ1v) is 27.3. The predicted molar refractivity (Wildman–Crippen MR) is 269 cm³/mol. The van der Waals surface area contributed by atoms with E-state index >= 15 is 0 Å². The summed E-state index contributed by atoms with van der Waals surface area (Å²) in [4.78, 5) is 24.5. The Morgan fingerprint density at radius 2 is 0.758 bits per heavy atom. The molecule has 0 radical (unpaired) electrons. The molecular weight excluding hydrogens is 767 g/mol. The third-order valence-corrected chi connectivity index (χ3v) is 12.4. The molecule has 0 rings (SSSR count). The highest BCUT2D eigenvalue weighted by Crippen LogP contribution is 2.16. The maximum Gasteiger partial charge on any atom is 0.305 e. The highest BCUT2D eigenvalue weighted by Gasteiger charge is 2.18. The third kappa shape index (κ3) is 47.6. The fraction of sp³-hybridized carbons (Fsp3) is 0.857. The Bertz CT molecular complexity index is 1010. The van der Waals surface area contributed by atoms with Crippen molar-refractivity contribution in [3.63, 3.8) is 0 Å². The van der Waals surface area contributed by atoms with Gasteiger partial charge in [-0.25, -0.2) is 0 Å². The van der Waals surface area contributed by atoms with Gasteiger partial charge >= 0.3 is 5.97 Å². The lowest BCUT2D eigenvalue weighted by atomic mass is 10.0. The second kappa shape index (κ2) is 51.7. The number of carbonyl (C=O) groups is 2. The van der Waals surface area contributed by atoms with Crippen molar-refractivity contribution in [1.82, 2.24) is 5.32 Å². The topological polar surface area (TPSA) is 95.9 Å². The monoisotopic (exact) mass is 872 g/mol. The minimum atomic E-state index is -0.862. The van der Waals surface area contributed by atoms with Crippen LogP contribution in [0.1, 0.15) is 284 Å². The second-order valence-corrected chi connectivity index (χ2v) is 18.5. The molecule has 2 unspecified atom stereocenters. The van der Waals surface area contributed by atoms with Gasteiger partial charge in [0.2, 0.25) is 5.91 Å². The zero-order valence-electron chi connectivity index (χ0n) is 41.4. The number of allylic oxidation sites excluding steroid dienone is 5. The fourth-order valence-electron chi connectivity index (χ4n) is 8.15. The number of aliphatic hydroxyl groups is 2. The van der Waals surface area contributed by atoms with Crippen molar-refractivity contribution in [3.8, 4) is 0 Å². The molecule has 0 spiro atoms. The summed E-state index contributed by atoms with van der Waals surface area (Å²) in [5.74, 6) is -0.120. The summed E-state index contributed by atoms with van der Waals surface area (Å²) in [5, 5.41) is 23.1. The van der Waals surface area contributed by atoms with Crippen molar-refractivity contribution in [2.75, 3.05) is 13.2 Å². The molecule has 6 heteroatoms. The SMILES string of the molecule is CCCCCCC/C=C\CCCCCCCC(=O)OCCCCCCCC/C=C\CCCCCC(=O)NC(CO)C(O)/C=C/CCCCCCCCCCCCCCCCCC. The van der Waals surface area contributed by atoms with Crippen molar-refractivity contribution in [2.24, 2.45) is 0 Å². The summed E-state index contributed by atoms with van der Waals surface area (Å²) in [6.07, 6.45) is 62.9. The molecule has 0 aliphatic heterocycles. The minimum Gasteiger partial charge on any atom is -0.466 e. The fourth-order valence-corrected chi connectivity index (χ4v) is 8.15. The van der Waals surface area contributed by atoms with Crippen LogP contribution < -0.4 is 5.32 Å². The molecular formula is C56H105NO5. The van der Waals surface area contributed by atoms with Gasteiger partial charge in [-0.15, -0.1) is 0 Å². The largest absolute Gasteiger partial charge is 0.466 e. The van der Waals surface area contributed by atoms with Gasteiger partial charge in [0.25, 0.3) is 0 Å². The lowest BCUT2D eigenvalue weighted by molar-refractivity contribution is -0.143. The predicted octanol–water partition coefficient (Wildman–Crippen LogP) is 16.5. The molecule has 62 heavy (non-hydrogen) atoms. The number of carbonyl (C=O) groups excluding carboxylic acids is 2. The van der Waals surface area contributed by atoms with Crippen LogP contribution in [-0.2, 0) is 14.3 Å². The molecule has 0 aromatic rings. The quantitative estimate of drug-likeness (QED) is 0.0321. The molecule has 0 fully saturated rings. The van der Waals surface area contributed by atoms with Crippen LogP contribution in [0.15, 0.2) is 36.5 Å². The number of ether oxygens (including phenoxy) is 1. The van der Waals surface area contributed by atoms with Crippen LogP contribution in [0.3, 0.4) is 0 Å². The van der Waals surface area contributed by atoms with E-state index in [1.165, 1.54) is 186 Å². The number of unbranched alkanes of at least 4 members (excludes halogenated alkanes) is 35. The first kappa shape index (κ1) is 60.1. The van der Waals surface area contributed by atoms with E-state index in [0.717, 1.165) is 70.6 Å². The molecule has 0 saturated carbocycles. The Balaban J connectivity index is 3.54. The van der Waals surface area contributed by atoms with Crippen LogP contribution in [0.4, 0.5) is 0 Å². The number of rotatable bonds is 50. The van der Waals surface area contributed by atoms with E-state index < -0.39 is 12.1 Å². The summed E-state index contributed by atoms with van der Waals surface area (Å²) in [5.41, 5.74) is 0. The number of esters is 1. The Labute approximate surface area is 385 Å². The van der Waals surface area contributed by atoms with E-state index in [0.29, 0.717) is 19.4 Å². The van der Waals surface area contributed by atoms with Gasteiger partial charge in [0, 0.05) is 12.8 Å². The highest BCUT2D eigenvalue weighted by atomic mass is 16.5. The maximum absolute atomic E-state index is 12.4. The van der Waals surface area contributed by atoms with E-state index in [-0.39, 0.29) is 18.5 Å². The molecule has 3 N–H and O–H groups in total. The number of hydrogen-bond donors (Lipinski definition) is 3. The minimum absolute atomic E-state index is 0.0228. The first-order valence-electron chi connectivity index (χ1n) is 27.3. The van der Waals surface area contributed by atoms with Gasteiger partial charge in [-0.05, 0) is 83.5 Å². The van der Waals surface area contributed by atoms with Gasteiger partial charge in [0.15, 0.2) is 0 Å². The Morgan fingerprint density at radius 1 is 0.435 bits per heavy atom. The lowest BCUT2D eigenvalue weighted by Crippen LogP contribution is -2.45. The van der Waals surface area contributed by atoms with Crippen LogP contribution in [0.2, 0.25) is 0 Å². The Kier molecular flexibility index (Phi) is 50.1. The average Bonchev–Trinajstić information content (AvgIpc) is 3.27. The van der Waals surface area contributed by atoms with E-state index in [2.05, 4.69) is 43.5 Å². The smallest absolute Gasteiger partial charge is 0.305 e. The van der Waals surface area contributed by atoms with E-state index in [1.54, 1.807) is 6.08 Å². The van der Waals surface area contributed by atoms with E-state index in [4.69, 9.17) is 4.74 Å². The third-order valence-electron chi connectivity index (χ3n) is 12.4. The number of nitrogens with one attached hydrogen (secondary N) is 1. The van der Waals surface area contributed by atoms with Gasteiger partial charge in [0.1, 0.15) is 0 Å². The van der Waals surface area contributed by atoms with E-state index in [1.807, 2.05) is 6.08 Å². The van der Waals surface area contributed by atoms with Crippen LogP contribution in [0.5, 0.6) is 0 Å². The molecule has 0 bridgehead atoms. The Morgan fingerprint density at radius 3 is 1.16 bits per heavy atom. The molecule has 364 valence electrons. The first-order chi connectivity index (χ1) is 30.5. The van der Waals surface area contributed by atoms with Crippen LogP contribution in [-0.4, -0.2) is 47.4 Å². The van der Waals surface area contributed by atoms with Gasteiger partial charge < -0.3 is 20.3 Å². The second-order valence-electron chi connectivity index (χ2n) is 18.5. The molecule has 0 saturated heterocycles. The Hall–Kier alpha value is -1.92. The van der Waals surface area contributed by atoms with Crippen molar-refractivity contribution in [2.45, 2.75) is 296 Å². The van der Waals surface area contributed by atoms with Crippen molar-refractivity contribution in [3.05, 3.63) is 36.5 Å². The van der Waals surface area contributed by atoms with E-state index in [9.17, 15) is 19.8 Å². The molecule has 0 heterocycles. The van der Waals surface area contributed by atoms with Gasteiger partial charge in [-0.2, -0.15) is 0 Å². The zero-order valence-corrected chi connectivity index (χ0v) is 41.4. The van der Waals surface area contributed by atoms with Crippen LogP contribution in [0, 0.1) is 0 Å². The molecule has 0 aliphatic rings. The van der Waals surface area contributed by atoms with Crippen molar-refractivity contribution >= 4 is 11.9 Å². The number of hydrogen-bond acceptors (Lipinski definition) is 5.